The molecule has 0 heterocycles. The summed E-state index contributed by atoms with van der Waals surface area (Å²) < 4.78 is 10.0. The Bertz CT molecular complexity index is 22.1. The van der Waals surface area contributed by atoms with Gasteiger partial charge in [-0.1, -0.05) is 7.43 Å². The summed E-state index contributed by atoms with van der Waals surface area (Å²) >= 11 is 7.33. The van der Waals surface area contributed by atoms with Crippen molar-refractivity contribution in [1.29, 1.82) is 0 Å². The largest absolute Gasteiger partial charge is 0.124 e. The van der Waals surface area contributed by atoms with E-state index in [4.69, 9.17) is 2.97 Å². The van der Waals surface area contributed by atoms with Crippen LogP contribution in [0.15, 0.2) is 0 Å². The van der Waals surface area contributed by atoms with Crippen LogP contribution >= 0.6 is 0 Å². The first kappa shape index (κ1) is 8.89. The van der Waals surface area contributed by atoms with Gasteiger partial charge in [-0.15, -0.1) is 12.8 Å². The molecule has 0 unspecified atom stereocenters. The van der Waals surface area contributed by atoms with Crippen LogP contribution in [-0.4, -0.2) is 0 Å². The molecule has 0 spiro atoms. The van der Waals surface area contributed by atoms with Crippen LogP contribution < -0.4 is 0 Å². The number of hydrogen-bond donors (Lipinski definition) is 0. The maximum absolute atomic E-state index is 5.00. The van der Waals surface area contributed by atoms with Crippen molar-refractivity contribution in [3.8, 4) is 12.8 Å². The highest BCUT2D eigenvalue weighted by molar-refractivity contribution is 8.07. The summed E-state index contributed by atoms with van der Waals surface area (Å²) in [6, 6.07) is 0. The third kappa shape index (κ3) is 0. The lowest BCUT2D eigenvalue weighted by Crippen LogP contribution is -0.710. The van der Waals surface area contributed by atoms with Gasteiger partial charge in [-0.3, -0.25) is 0 Å². The first-order chi connectivity index (χ1) is 3.00. The fourth-order valence-electron chi connectivity index (χ4n) is 0. The van der Waals surface area contributed by atoms with Crippen LogP contribution in [0.1, 0.15) is 10.4 Å². The number of rotatable bonds is 0. The van der Waals surface area contributed by atoms with Crippen LogP contribution in [0.25, 0.3) is 0 Å². The number of terminal acetylenes is 1. The predicted octanol–water partition coefficient (Wildman–Crippen LogP) is 1.13. The lowest BCUT2D eigenvalue weighted by Gasteiger charge is -0.707. The van der Waals surface area contributed by atoms with E-state index >= 15 is 0 Å². The molecule has 0 rings (SSSR count). The van der Waals surface area contributed by atoms with Gasteiger partial charge in [0.2, 0.25) is 0 Å². The van der Waals surface area contributed by atoms with Crippen molar-refractivity contribution in [1.82, 2.24) is 0 Å². The average molecular weight is 110 g/mol. The van der Waals surface area contributed by atoms with E-state index in [0.717, 1.165) is 0 Å². The second kappa shape index (κ2) is 0. The molecule has 0 bridgehead atoms. The first-order valence-electron chi connectivity index (χ1n) is 1.50. The van der Waals surface area contributed by atoms with Crippen molar-refractivity contribution in [2.75, 3.05) is 0 Å². The molecule has 32 valence electrons. The summed E-state index contributed by atoms with van der Waals surface area (Å²) in [7, 11) is 0. The molecule has 0 nitrogen and oxygen atoms in total. The van der Waals surface area contributed by atoms with E-state index < -0.39 is 0 Å². The smallest absolute Gasteiger partial charge is 0 e. The zero-order chi connectivity index (χ0) is 6.00. The molecule has 2 heteroatoms. The van der Waals surface area contributed by atoms with Gasteiger partial charge in [-0.05, 0) is 0 Å². The van der Waals surface area contributed by atoms with E-state index in [1.54, 1.807) is 0 Å². The summed E-state index contributed by atoms with van der Waals surface area (Å²) in [5.74, 6) is 0. The third-order valence-electron chi connectivity index (χ3n) is 0. The molecule has 0 saturated carbocycles. The standard InChI is InChI=1S/C2H2.CH4.S2.H2/c1-2;;1-2;/h1-2H;1H4;;1H/i;;;1+1D. The molecule has 0 aromatic carbocycles. The minimum atomic E-state index is 0. The molecule has 0 aliphatic rings. The van der Waals surface area contributed by atoms with Gasteiger partial charge in [0.15, 0.2) is 0 Å². The summed E-state index contributed by atoms with van der Waals surface area (Å²) in [5.41, 5.74) is 0. The molecular formula is C3H8S2. The summed E-state index contributed by atoms with van der Waals surface area (Å²) in [6.45, 7) is 0. The van der Waals surface area contributed by atoms with Gasteiger partial charge in [-0.25, -0.2) is 0 Å². The van der Waals surface area contributed by atoms with Crippen molar-refractivity contribution in [2.24, 2.45) is 0 Å². The zero-order valence-corrected chi connectivity index (χ0v) is 3.60. The van der Waals surface area contributed by atoms with Crippen molar-refractivity contribution < 1.29 is 2.97 Å². The molecule has 0 saturated heterocycles. The monoisotopic (exact) mass is 110 g/mol. The predicted molar refractivity (Wildman–Crippen MR) is 33.5 cm³/mol. The Kier molecular flexibility index (Phi) is 0. The molecule has 0 radical (unpaired) electrons. The molecule has 0 aliphatic heterocycles. The summed E-state index contributed by atoms with van der Waals surface area (Å²) in [5, 5.41) is 0. The minimum Gasteiger partial charge on any atom is -0.124 e. The Morgan fingerprint density at radius 2 is 1.40 bits per heavy atom. The Balaban J connectivity index is -0.00000000900. The van der Waals surface area contributed by atoms with Gasteiger partial charge in [0.25, 0.3) is 0 Å². The molecule has 0 atom stereocenters. The zero-order valence-electron chi connectivity index (χ0n) is 3.97. The second-order valence-electron chi connectivity index (χ2n) is 0. The molecule has 0 amide bonds. The third-order valence-corrected chi connectivity index (χ3v) is 0. The lowest BCUT2D eigenvalue weighted by molar-refractivity contribution is 2.50. The van der Waals surface area contributed by atoms with Crippen LogP contribution in [0.2, 0.25) is 0 Å². The molecule has 0 aromatic heterocycles. The normalized spacial score (nSPS) is 2.80. The lowest BCUT2D eigenvalue weighted by atomic mass is 11.4. The Morgan fingerprint density at radius 3 is 1.40 bits per heavy atom. The van der Waals surface area contributed by atoms with Gasteiger partial charge in [0, 0.05) is 25.3 Å². The Labute approximate surface area is 46.3 Å². The van der Waals surface area contributed by atoms with Crippen molar-refractivity contribution in [3.05, 3.63) is 0 Å². The topological polar surface area (TPSA) is 0 Å². The van der Waals surface area contributed by atoms with Crippen LogP contribution in [0, 0.1) is 12.8 Å². The van der Waals surface area contributed by atoms with E-state index in [9.17, 15) is 0 Å². The highest BCUT2D eigenvalue weighted by Gasteiger charge is 0.707. The molecule has 0 N–H and O–H groups in total. The van der Waals surface area contributed by atoms with E-state index in [2.05, 4.69) is 35.2 Å². The SMILES string of the molecule is C.C#C.S=S.[2H][2H]. The summed E-state index contributed by atoms with van der Waals surface area (Å²) in [6.07, 6.45) is 8.00. The van der Waals surface area contributed by atoms with Crippen LogP contribution in [0.5, 0.6) is 0 Å². The van der Waals surface area contributed by atoms with E-state index in [1.807, 2.05) is 0 Å². The number of hydrogen-bond acceptors (Lipinski definition) is 2. The van der Waals surface area contributed by atoms with Crippen molar-refractivity contribution >= 4 is 22.4 Å². The Hall–Kier alpha value is 0. The fourth-order valence-corrected chi connectivity index (χ4v) is 0. The molecule has 0 aromatic rings. The molecule has 5 heavy (non-hydrogen) atoms. The highest BCUT2D eigenvalue weighted by Crippen LogP contribution is 0.705. The molecular weight excluding hydrogens is 100 g/mol. The van der Waals surface area contributed by atoms with Gasteiger partial charge in [0.05, 0.1) is 0 Å². The second-order valence-corrected chi connectivity index (χ2v) is 0. The Morgan fingerprint density at radius 1 is 1.40 bits per heavy atom. The average Bonchev–Trinajstić information content (AvgIpc) is 1.81. The maximum atomic E-state index is 5.00. The quantitative estimate of drug-likeness (QED) is 0.429. The first-order valence-corrected chi connectivity index (χ1v) is 1.83. The summed E-state index contributed by atoms with van der Waals surface area (Å²) in [4.78, 5) is 0. The van der Waals surface area contributed by atoms with E-state index in [0.29, 0.717) is 0 Å². The maximum Gasteiger partial charge on any atom is 0 e. The van der Waals surface area contributed by atoms with Crippen LogP contribution in [-0.2, 0) is 22.4 Å². The highest BCUT2D eigenvalue weighted by atomic mass is 32.8. The van der Waals surface area contributed by atoms with Crippen LogP contribution in [0.4, 0.5) is 0 Å². The van der Waals surface area contributed by atoms with Gasteiger partial charge in [0.1, 0.15) is 0 Å². The fraction of sp³-hybridized carbons (Fsp3) is 0.333. The molecule has 0 aliphatic carbocycles. The minimum absolute atomic E-state index is 0. The van der Waals surface area contributed by atoms with Crippen molar-refractivity contribution in [3.63, 3.8) is 0 Å². The van der Waals surface area contributed by atoms with Crippen molar-refractivity contribution in [2.45, 2.75) is 7.43 Å². The van der Waals surface area contributed by atoms with Gasteiger partial charge >= 0.3 is 0 Å². The van der Waals surface area contributed by atoms with Gasteiger partial charge < -0.3 is 0 Å². The van der Waals surface area contributed by atoms with E-state index in [-0.39, 0.29) is 7.43 Å². The van der Waals surface area contributed by atoms with Crippen LogP contribution in [0.3, 0.4) is 0 Å². The van der Waals surface area contributed by atoms with Gasteiger partial charge in [-0.2, -0.15) is 0 Å². The molecule has 0 fully saturated rings. The van der Waals surface area contributed by atoms with E-state index in [1.165, 1.54) is 0 Å².